The summed E-state index contributed by atoms with van der Waals surface area (Å²) in [6.45, 7) is 2.00. The van der Waals surface area contributed by atoms with Crippen LogP contribution in [0.3, 0.4) is 0 Å². The van der Waals surface area contributed by atoms with Crippen LogP contribution in [0.25, 0.3) is 10.8 Å². The van der Waals surface area contributed by atoms with Gasteiger partial charge in [-0.05, 0) is 11.8 Å². The van der Waals surface area contributed by atoms with Crippen molar-refractivity contribution in [2.24, 2.45) is 0 Å². The van der Waals surface area contributed by atoms with Gasteiger partial charge in [0.15, 0.2) is 0 Å². The number of hydrogen-bond acceptors (Lipinski definition) is 3. The minimum atomic E-state index is -0.291. The predicted molar refractivity (Wildman–Crippen MR) is 55.2 cm³/mol. The van der Waals surface area contributed by atoms with Gasteiger partial charge in [0, 0.05) is 11.5 Å². The lowest BCUT2D eigenvalue weighted by Gasteiger charge is -1.94. The van der Waals surface area contributed by atoms with Gasteiger partial charge in [-0.15, -0.1) is 5.10 Å². The van der Waals surface area contributed by atoms with Crippen molar-refractivity contribution in [2.75, 3.05) is 0 Å². The van der Waals surface area contributed by atoms with E-state index in [1.165, 1.54) is 6.07 Å². The summed E-state index contributed by atoms with van der Waals surface area (Å²) in [5, 5.41) is 9.42. The monoisotopic (exact) mass is 186 g/mol. The fraction of sp³-hybridized carbons (Fsp3) is 0.182. The first-order valence-electron chi connectivity index (χ1n) is 4.57. The minimum absolute atomic E-state index is 0.291. The van der Waals surface area contributed by atoms with Crippen LogP contribution in [0.2, 0.25) is 0 Å². The van der Waals surface area contributed by atoms with Crippen LogP contribution >= 0.6 is 0 Å². The average Bonchev–Trinajstić information content (AvgIpc) is 2.36. The maximum atomic E-state index is 11.2. The molecule has 0 amide bonds. The molecule has 2 aromatic rings. The molecule has 0 aliphatic carbocycles. The first-order valence-corrected chi connectivity index (χ1v) is 4.57. The standard InChI is InChI=1S/C11H10N2O/c1-2-10-9-6-4-3-5-8(9)7-11(14)13-12-10/h3-7H,2H2,1H3. The highest BCUT2D eigenvalue weighted by Crippen LogP contribution is 2.13. The highest BCUT2D eigenvalue weighted by atomic mass is 16.1. The second-order valence-corrected chi connectivity index (χ2v) is 3.07. The summed E-state index contributed by atoms with van der Waals surface area (Å²) in [5.41, 5.74) is 0.573. The summed E-state index contributed by atoms with van der Waals surface area (Å²) in [5.74, 6) is 0. The van der Waals surface area contributed by atoms with Gasteiger partial charge < -0.3 is 0 Å². The van der Waals surface area contributed by atoms with Gasteiger partial charge in [-0.1, -0.05) is 31.2 Å². The van der Waals surface area contributed by atoms with Gasteiger partial charge in [-0.3, -0.25) is 4.79 Å². The minimum Gasteiger partial charge on any atom is -0.266 e. The number of rotatable bonds is 1. The summed E-state index contributed by atoms with van der Waals surface area (Å²) in [6, 6.07) is 9.22. The van der Waals surface area contributed by atoms with Gasteiger partial charge in [0.25, 0.3) is 5.56 Å². The summed E-state index contributed by atoms with van der Waals surface area (Å²) in [4.78, 5) is 11.2. The highest BCUT2D eigenvalue weighted by Gasteiger charge is 1.99. The zero-order valence-electron chi connectivity index (χ0n) is 7.90. The molecule has 14 heavy (non-hydrogen) atoms. The number of aryl methyl sites for hydroxylation is 1. The van der Waals surface area contributed by atoms with E-state index in [1.54, 1.807) is 0 Å². The molecule has 0 radical (unpaired) electrons. The van der Waals surface area contributed by atoms with Crippen LogP contribution in [0.1, 0.15) is 12.6 Å². The molecule has 0 fully saturated rings. The van der Waals surface area contributed by atoms with Crippen LogP contribution in [0.4, 0.5) is 0 Å². The quantitative estimate of drug-likeness (QED) is 0.678. The molecule has 0 spiro atoms. The number of hydrogen-bond donors (Lipinski definition) is 0. The van der Waals surface area contributed by atoms with Gasteiger partial charge >= 0.3 is 0 Å². The first kappa shape index (κ1) is 8.81. The molecule has 3 heteroatoms. The summed E-state index contributed by atoms with van der Waals surface area (Å²) >= 11 is 0. The molecular formula is C11H10N2O. The zero-order chi connectivity index (χ0) is 9.97. The van der Waals surface area contributed by atoms with E-state index in [2.05, 4.69) is 10.2 Å². The van der Waals surface area contributed by atoms with E-state index in [0.717, 1.165) is 22.9 Å². The molecule has 1 heterocycles. The maximum absolute atomic E-state index is 11.2. The van der Waals surface area contributed by atoms with E-state index in [-0.39, 0.29) is 5.56 Å². The molecule has 1 aromatic heterocycles. The average molecular weight is 186 g/mol. The largest absolute Gasteiger partial charge is 0.288 e. The Hall–Kier alpha value is -1.77. The van der Waals surface area contributed by atoms with Crippen molar-refractivity contribution in [2.45, 2.75) is 13.3 Å². The highest BCUT2D eigenvalue weighted by molar-refractivity contribution is 5.83. The lowest BCUT2D eigenvalue weighted by molar-refractivity contribution is 0.929. The Kier molecular flexibility index (Phi) is 2.23. The van der Waals surface area contributed by atoms with Crippen molar-refractivity contribution >= 4 is 10.8 Å². The topological polar surface area (TPSA) is 42.9 Å². The van der Waals surface area contributed by atoms with Crippen LogP contribution in [-0.2, 0) is 6.42 Å². The summed E-state index contributed by atoms with van der Waals surface area (Å²) < 4.78 is 0. The zero-order valence-corrected chi connectivity index (χ0v) is 7.90. The molecule has 0 saturated heterocycles. The number of nitrogens with zero attached hydrogens (tertiary/aromatic N) is 2. The van der Waals surface area contributed by atoms with Gasteiger partial charge in [0.2, 0.25) is 0 Å². The Bertz CT molecular complexity index is 523. The van der Waals surface area contributed by atoms with Crippen molar-refractivity contribution in [1.82, 2.24) is 10.2 Å². The van der Waals surface area contributed by atoms with E-state index >= 15 is 0 Å². The molecule has 1 aromatic carbocycles. The van der Waals surface area contributed by atoms with E-state index in [1.807, 2.05) is 31.2 Å². The third-order valence-corrected chi connectivity index (χ3v) is 2.15. The molecule has 0 saturated carbocycles. The molecule has 0 unspecified atom stereocenters. The predicted octanol–water partition coefficient (Wildman–Crippen LogP) is 1.55. The second-order valence-electron chi connectivity index (χ2n) is 3.07. The number of aromatic nitrogens is 2. The van der Waals surface area contributed by atoms with Crippen molar-refractivity contribution in [1.29, 1.82) is 0 Å². The smallest absolute Gasteiger partial charge is 0.266 e. The van der Waals surface area contributed by atoms with Gasteiger partial charge in [0.1, 0.15) is 0 Å². The first-order chi connectivity index (χ1) is 6.81. The van der Waals surface area contributed by atoms with Crippen molar-refractivity contribution < 1.29 is 0 Å². The van der Waals surface area contributed by atoms with Gasteiger partial charge in [-0.25, -0.2) is 0 Å². The Morgan fingerprint density at radius 2 is 2.00 bits per heavy atom. The van der Waals surface area contributed by atoms with E-state index in [9.17, 15) is 4.79 Å². The SMILES string of the molecule is CCc1nnc(=O)cc2ccccc12. The molecule has 0 atom stereocenters. The fourth-order valence-corrected chi connectivity index (χ4v) is 1.47. The Morgan fingerprint density at radius 3 is 2.79 bits per heavy atom. The van der Waals surface area contributed by atoms with Crippen LogP contribution in [0, 0.1) is 0 Å². The third kappa shape index (κ3) is 1.48. The molecule has 70 valence electrons. The number of benzene rings is 1. The molecule has 0 N–H and O–H groups in total. The van der Waals surface area contributed by atoms with Crippen molar-refractivity contribution in [3.05, 3.63) is 46.4 Å². The van der Waals surface area contributed by atoms with Gasteiger partial charge in [-0.2, -0.15) is 5.10 Å². The Balaban J connectivity index is 2.95. The van der Waals surface area contributed by atoms with Gasteiger partial charge in [0.05, 0.1) is 5.69 Å². The second kappa shape index (κ2) is 3.54. The van der Waals surface area contributed by atoms with E-state index < -0.39 is 0 Å². The van der Waals surface area contributed by atoms with Crippen LogP contribution in [0.15, 0.2) is 35.1 Å². The van der Waals surface area contributed by atoms with Crippen molar-refractivity contribution in [3.8, 4) is 0 Å². The maximum Gasteiger partial charge on any atom is 0.288 e. The fourth-order valence-electron chi connectivity index (χ4n) is 1.47. The van der Waals surface area contributed by atoms with Crippen LogP contribution < -0.4 is 5.56 Å². The van der Waals surface area contributed by atoms with E-state index in [4.69, 9.17) is 0 Å². The molecule has 0 bridgehead atoms. The number of fused-ring (bicyclic) bond motifs is 1. The molecule has 0 aliphatic rings. The molecule has 3 nitrogen and oxygen atoms in total. The van der Waals surface area contributed by atoms with Crippen LogP contribution in [0.5, 0.6) is 0 Å². The molecule has 2 rings (SSSR count). The van der Waals surface area contributed by atoms with E-state index in [0.29, 0.717) is 0 Å². The third-order valence-electron chi connectivity index (χ3n) is 2.15. The normalized spacial score (nSPS) is 10.4. The lowest BCUT2D eigenvalue weighted by Crippen LogP contribution is -2.00. The van der Waals surface area contributed by atoms with Crippen molar-refractivity contribution in [3.63, 3.8) is 0 Å². The lowest BCUT2D eigenvalue weighted by atomic mass is 10.1. The molecular weight excluding hydrogens is 176 g/mol. The Morgan fingerprint density at radius 1 is 1.21 bits per heavy atom. The van der Waals surface area contributed by atoms with Crippen LogP contribution in [-0.4, -0.2) is 10.2 Å². The molecule has 0 aliphatic heterocycles. The Labute approximate surface area is 81.4 Å². The summed E-state index contributed by atoms with van der Waals surface area (Å²) in [7, 11) is 0. The summed E-state index contributed by atoms with van der Waals surface area (Å²) in [6.07, 6.45) is 0.779.